The van der Waals surface area contributed by atoms with Crippen molar-refractivity contribution in [1.29, 1.82) is 0 Å². The third-order valence-electron chi connectivity index (χ3n) is 1.69. The van der Waals surface area contributed by atoms with Gasteiger partial charge >= 0.3 is 5.97 Å². The van der Waals surface area contributed by atoms with E-state index in [9.17, 15) is 9.59 Å². The molecule has 0 saturated carbocycles. The summed E-state index contributed by atoms with van der Waals surface area (Å²) in [5, 5.41) is 9.31. The van der Waals surface area contributed by atoms with Crippen LogP contribution in [0.4, 0.5) is 5.00 Å². The SMILES string of the molecule is O=C1C=Nc2sc(C(=O)O)cc2C1. The molecule has 0 atom stereocenters. The van der Waals surface area contributed by atoms with Crippen molar-refractivity contribution in [3.63, 3.8) is 0 Å². The Balaban J connectivity index is 2.47. The van der Waals surface area contributed by atoms with E-state index in [1.165, 1.54) is 12.3 Å². The quantitative estimate of drug-likeness (QED) is 0.733. The summed E-state index contributed by atoms with van der Waals surface area (Å²) in [6, 6.07) is 1.51. The summed E-state index contributed by atoms with van der Waals surface area (Å²) >= 11 is 1.10. The number of carboxylic acids is 1. The first-order valence-electron chi connectivity index (χ1n) is 3.60. The van der Waals surface area contributed by atoms with Gasteiger partial charge in [-0.25, -0.2) is 9.79 Å². The van der Waals surface area contributed by atoms with Crippen LogP contribution in [0.3, 0.4) is 0 Å². The van der Waals surface area contributed by atoms with Crippen LogP contribution in [-0.4, -0.2) is 23.1 Å². The van der Waals surface area contributed by atoms with Crippen LogP contribution in [-0.2, 0) is 11.2 Å². The van der Waals surface area contributed by atoms with Gasteiger partial charge in [-0.3, -0.25) is 4.79 Å². The molecule has 1 aromatic rings. The highest BCUT2D eigenvalue weighted by Crippen LogP contribution is 2.32. The molecule has 1 aliphatic heterocycles. The summed E-state index contributed by atoms with van der Waals surface area (Å²) in [5.74, 6) is -1.05. The highest BCUT2D eigenvalue weighted by atomic mass is 32.1. The second-order valence-electron chi connectivity index (χ2n) is 2.65. The van der Waals surface area contributed by atoms with E-state index in [1.807, 2.05) is 0 Å². The summed E-state index contributed by atoms with van der Waals surface area (Å²) in [4.78, 5) is 25.6. The lowest BCUT2D eigenvalue weighted by molar-refractivity contribution is -0.112. The number of rotatable bonds is 1. The van der Waals surface area contributed by atoms with Crippen LogP contribution in [0.5, 0.6) is 0 Å². The molecule has 0 radical (unpaired) electrons. The molecule has 0 unspecified atom stereocenters. The zero-order chi connectivity index (χ0) is 9.42. The largest absolute Gasteiger partial charge is 0.477 e. The molecule has 0 bridgehead atoms. The molecule has 1 N–H and O–H groups in total. The van der Waals surface area contributed by atoms with Gasteiger partial charge in [0.2, 0.25) is 0 Å². The lowest BCUT2D eigenvalue weighted by Crippen LogP contribution is -2.06. The van der Waals surface area contributed by atoms with E-state index in [1.54, 1.807) is 0 Å². The number of carbonyl (C=O) groups is 2. The molecule has 1 aromatic heterocycles. The Labute approximate surface area is 77.5 Å². The van der Waals surface area contributed by atoms with Crippen molar-refractivity contribution in [2.75, 3.05) is 0 Å². The van der Waals surface area contributed by atoms with Gasteiger partial charge in [0.05, 0.1) is 6.21 Å². The predicted octanol–water partition coefficient (Wildman–Crippen LogP) is 1.27. The molecule has 0 fully saturated rings. The summed E-state index contributed by atoms with van der Waals surface area (Å²) < 4.78 is 0. The summed E-state index contributed by atoms with van der Waals surface area (Å²) in [6.07, 6.45) is 1.51. The first-order valence-corrected chi connectivity index (χ1v) is 4.41. The van der Waals surface area contributed by atoms with Crippen molar-refractivity contribution in [1.82, 2.24) is 0 Å². The monoisotopic (exact) mass is 195 g/mol. The molecule has 0 aliphatic carbocycles. The van der Waals surface area contributed by atoms with Gasteiger partial charge in [-0.15, -0.1) is 11.3 Å². The van der Waals surface area contributed by atoms with Gasteiger partial charge in [-0.05, 0) is 11.6 Å². The molecule has 0 aromatic carbocycles. The lowest BCUT2D eigenvalue weighted by Gasteiger charge is -1.99. The molecule has 0 spiro atoms. The van der Waals surface area contributed by atoms with E-state index < -0.39 is 5.97 Å². The third kappa shape index (κ3) is 1.38. The average molecular weight is 195 g/mol. The van der Waals surface area contributed by atoms with Gasteiger partial charge in [0.15, 0.2) is 5.78 Å². The van der Waals surface area contributed by atoms with Gasteiger partial charge in [-0.1, -0.05) is 0 Å². The lowest BCUT2D eigenvalue weighted by atomic mass is 10.1. The van der Waals surface area contributed by atoms with Crippen LogP contribution in [0.1, 0.15) is 15.2 Å². The zero-order valence-corrected chi connectivity index (χ0v) is 7.30. The minimum atomic E-state index is -0.970. The highest BCUT2D eigenvalue weighted by Gasteiger charge is 2.17. The van der Waals surface area contributed by atoms with Crippen molar-refractivity contribution >= 4 is 34.3 Å². The molecule has 66 valence electrons. The van der Waals surface area contributed by atoms with Crippen LogP contribution in [0.2, 0.25) is 0 Å². The van der Waals surface area contributed by atoms with Crippen molar-refractivity contribution in [2.24, 2.45) is 4.99 Å². The minimum Gasteiger partial charge on any atom is -0.477 e. The topological polar surface area (TPSA) is 66.7 Å². The Bertz CT molecular complexity index is 419. The molecule has 2 rings (SSSR count). The fourth-order valence-corrected chi connectivity index (χ4v) is 1.99. The number of aliphatic imine (C=N–C) groups is 1. The summed E-state index contributed by atoms with van der Waals surface area (Å²) in [7, 11) is 0. The van der Waals surface area contributed by atoms with Crippen molar-refractivity contribution in [3.05, 3.63) is 16.5 Å². The molecular formula is C8H5NO3S. The Morgan fingerprint density at radius 3 is 3.08 bits per heavy atom. The minimum absolute atomic E-state index is 0.0813. The molecule has 5 heteroatoms. The summed E-state index contributed by atoms with van der Waals surface area (Å²) in [5.41, 5.74) is 0.718. The third-order valence-corrected chi connectivity index (χ3v) is 2.76. The number of ketones is 1. The Hall–Kier alpha value is -1.49. The second kappa shape index (κ2) is 2.77. The molecule has 1 aliphatic rings. The fourth-order valence-electron chi connectivity index (χ4n) is 1.12. The van der Waals surface area contributed by atoms with Gasteiger partial charge in [0.25, 0.3) is 0 Å². The number of fused-ring (bicyclic) bond motifs is 1. The second-order valence-corrected chi connectivity index (χ2v) is 3.68. The highest BCUT2D eigenvalue weighted by molar-refractivity contribution is 7.17. The van der Waals surface area contributed by atoms with E-state index >= 15 is 0 Å². The first-order chi connectivity index (χ1) is 6.16. The van der Waals surface area contributed by atoms with Crippen LogP contribution < -0.4 is 0 Å². The maximum Gasteiger partial charge on any atom is 0.345 e. The van der Waals surface area contributed by atoms with E-state index in [4.69, 9.17) is 5.11 Å². The maximum absolute atomic E-state index is 10.9. The fraction of sp³-hybridized carbons (Fsp3) is 0.125. The number of thiophene rings is 1. The normalized spacial score (nSPS) is 14.3. The number of carbonyl (C=O) groups excluding carboxylic acids is 1. The van der Waals surface area contributed by atoms with Crippen LogP contribution in [0, 0.1) is 0 Å². The van der Waals surface area contributed by atoms with E-state index in [-0.39, 0.29) is 17.1 Å². The number of hydrogen-bond donors (Lipinski definition) is 1. The molecule has 0 saturated heterocycles. The number of hydrogen-bond acceptors (Lipinski definition) is 4. The number of aromatic carboxylic acids is 1. The van der Waals surface area contributed by atoms with Crippen molar-refractivity contribution in [3.8, 4) is 0 Å². The Kier molecular flexibility index (Phi) is 1.73. The predicted molar refractivity (Wildman–Crippen MR) is 48.1 cm³/mol. The van der Waals surface area contributed by atoms with E-state index in [0.29, 0.717) is 5.00 Å². The maximum atomic E-state index is 10.9. The molecule has 13 heavy (non-hydrogen) atoms. The van der Waals surface area contributed by atoms with Crippen LogP contribution in [0.25, 0.3) is 0 Å². The molecule has 2 heterocycles. The number of carboxylic acid groups (broad SMARTS) is 1. The Morgan fingerprint density at radius 2 is 2.38 bits per heavy atom. The van der Waals surface area contributed by atoms with Gasteiger partial charge < -0.3 is 5.11 Å². The van der Waals surface area contributed by atoms with Crippen molar-refractivity contribution < 1.29 is 14.7 Å². The smallest absolute Gasteiger partial charge is 0.345 e. The van der Waals surface area contributed by atoms with Gasteiger partial charge in [0.1, 0.15) is 9.88 Å². The van der Waals surface area contributed by atoms with Crippen LogP contribution in [0.15, 0.2) is 11.1 Å². The van der Waals surface area contributed by atoms with Gasteiger partial charge in [-0.2, -0.15) is 0 Å². The Morgan fingerprint density at radius 1 is 1.62 bits per heavy atom. The number of Topliss-reactive ketones (excluding diaryl/α,β-unsaturated/α-hetero) is 1. The molecule has 4 nitrogen and oxygen atoms in total. The molecular weight excluding hydrogens is 190 g/mol. The number of nitrogens with zero attached hydrogens (tertiary/aromatic N) is 1. The summed E-state index contributed by atoms with van der Waals surface area (Å²) in [6.45, 7) is 0. The van der Waals surface area contributed by atoms with Gasteiger partial charge in [0, 0.05) is 6.42 Å². The van der Waals surface area contributed by atoms with Crippen LogP contribution >= 0.6 is 11.3 Å². The molecule has 0 amide bonds. The van der Waals surface area contributed by atoms with E-state index in [2.05, 4.69) is 4.99 Å². The van der Waals surface area contributed by atoms with Crippen molar-refractivity contribution in [2.45, 2.75) is 6.42 Å². The van der Waals surface area contributed by atoms with E-state index in [0.717, 1.165) is 16.9 Å². The average Bonchev–Trinajstić information content (AvgIpc) is 2.46. The standard InChI is InChI=1S/C8H5NO3S/c10-5-1-4-2-6(8(11)12)13-7(4)9-3-5/h2-3H,1H2,(H,11,12). The first kappa shape index (κ1) is 8.12. The zero-order valence-electron chi connectivity index (χ0n) is 6.48.